The Morgan fingerprint density at radius 3 is 2.76 bits per heavy atom. The first-order valence-electron chi connectivity index (χ1n) is 7.54. The number of benzene rings is 1. The normalized spacial score (nSPS) is 11.0. The Labute approximate surface area is 125 Å². The number of para-hydroxylation sites is 1. The zero-order valence-corrected chi connectivity index (χ0v) is 12.6. The number of aromatic nitrogens is 2. The van der Waals surface area contributed by atoms with Crippen LogP contribution in [0.4, 0.5) is 5.69 Å². The maximum absolute atomic E-state index is 4.61. The molecule has 3 heteroatoms. The minimum absolute atomic E-state index is 0.789. The number of rotatable bonds is 5. The van der Waals surface area contributed by atoms with Crippen LogP contribution >= 0.6 is 0 Å². The monoisotopic (exact) mass is 279 g/mol. The second kappa shape index (κ2) is 6.00. The molecule has 3 nitrogen and oxygen atoms in total. The fourth-order valence-corrected chi connectivity index (χ4v) is 2.74. The van der Waals surface area contributed by atoms with E-state index in [9.17, 15) is 0 Å². The number of imidazole rings is 1. The van der Waals surface area contributed by atoms with Crippen LogP contribution in [-0.2, 0) is 13.0 Å². The van der Waals surface area contributed by atoms with Gasteiger partial charge in [-0.3, -0.25) is 0 Å². The van der Waals surface area contributed by atoms with Crippen molar-refractivity contribution in [3.8, 4) is 0 Å². The molecule has 0 fully saturated rings. The largest absolute Gasteiger partial charge is 0.379 e. The maximum atomic E-state index is 4.61. The van der Waals surface area contributed by atoms with Crippen LogP contribution in [-0.4, -0.2) is 9.38 Å². The highest BCUT2D eigenvalue weighted by Gasteiger charge is 2.08. The third-order valence-electron chi connectivity index (χ3n) is 3.81. The van der Waals surface area contributed by atoms with E-state index in [1.54, 1.807) is 0 Å². The number of hydrogen-bond acceptors (Lipinski definition) is 2. The van der Waals surface area contributed by atoms with E-state index in [0.29, 0.717) is 0 Å². The lowest BCUT2D eigenvalue weighted by molar-refractivity contribution is 0.915. The number of nitrogens with one attached hydrogen (secondary N) is 1. The van der Waals surface area contributed by atoms with Gasteiger partial charge < -0.3 is 9.72 Å². The molecule has 2 aromatic heterocycles. The van der Waals surface area contributed by atoms with Crippen molar-refractivity contribution in [2.75, 3.05) is 5.32 Å². The Morgan fingerprint density at radius 2 is 1.90 bits per heavy atom. The molecule has 0 radical (unpaired) electrons. The summed E-state index contributed by atoms with van der Waals surface area (Å²) in [5.74, 6) is 0. The smallest absolute Gasteiger partial charge is 0.137 e. The Morgan fingerprint density at radius 1 is 1.10 bits per heavy atom. The van der Waals surface area contributed by atoms with Crippen molar-refractivity contribution in [2.45, 2.75) is 33.2 Å². The van der Waals surface area contributed by atoms with Crippen molar-refractivity contribution in [1.82, 2.24) is 9.38 Å². The van der Waals surface area contributed by atoms with Crippen LogP contribution in [0.1, 0.15) is 30.3 Å². The quantitative estimate of drug-likeness (QED) is 0.758. The third-order valence-corrected chi connectivity index (χ3v) is 3.81. The molecular formula is C18H21N3. The van der Waals surface area contributed by atoms with E-state index in [0.717, 1.165) is 30.7 Å². The van der Waals surface area contributed by atoms with Crippen molar-refractivity contribution < 1.29 is 0 Å². The molecule has 3 rings (SSSR count). The fraction of sp³-hybridized carbons (Fsp3) is 0.278. The summed E-state index contributed by atoms with van der Waals surface area (Å²) in [6.45, 7) is 5.07. The summed E-state index contributed by atoms with van der Waals surface area (Å²) in [6.07, 6.45) is 4.34. The molecule has 0 unspecified atom stereocenters. The predicted molar refractivity (Wildman–Crippen MR) is 87.7 cm³/mol. The van der Waals surface area contributed by atoms with Gasteiger partial charge in [0.15, 0.2) is 0 Å². The van der Waals surface area contributed by atoms with Gasteiger partial charge in [-0.15, -0.1) is 0 Å². The van der Waals surface area contributed by atoms with Crippen LogP contribution in [0.3, 0.4) is 0 Å². The summed E-state index contributed by atoms with van der Waals surface area (Å²) >= 11 is 0. The summed E-state index contributed by atoms with van der Waals surface area (Å²) in [4.78, 5) is 4.61. The molecule has 1 N–H and O–H groups in total. The number of pyridine rings is 1. The highest BCUT2D eigenvalue weighted by Crippen LogP contribution is 2.19. The molecular weight excluding hydrogens is 258 g/mol. The highest BCUT2D eigenvalue weighted by molar-refractivity contribution is 5.52. The number of nitrogens with zero attached hydrogens (tertiary/aromatic N) is 2. The standard InChI is InChI=1S/C18H21N3/c1-3-8-15-9-4-5-10-16(15)19-13-17-14(2)20-18-11-6-7-12-21(17)18/h4-7,9-12,19H,3,8,13H2,1-2H3. The van der Waals surface area contributed by atoms with Gasteiger partial charge in [0.25, 0.3) is 0 Å². The molecule has 2 heterocycles. The molecule has 0 amide bonds. The molecule has 0 saturated heterocycles. The van der Waals surface area contributed by atoms with Gasteiger partial charge in [-0.05, 0) is 37.1 Å². The molecule has 3 aromatic rings. The molecule has 0 saturated carbocycles. The average Bonchev–Trinajstić information content (AvgIpc) is 2.82. The highest BCUT2D eigenvalue weighted by atomic mass is 15.0. The van der Waals surface area contributed by atoms with Gasteiger partial charge in [-0.25, -0.2) is 4.98 Å². The number of fused-ring (bicyclic) bond motifs is 1. The van der Waals surface area contributed by atoms with E-state index >= 15 is 0 Å². The average molecular weight is 279 g/mol. The van der Waals surface area contributed by atoms with Gasteiger partial charge in [-0.2, -0.15) is 0 Å². The summed E-state index contributed by atoms with van der Waals surface area (Å²) in [5, 5.41) is 3.57. The zero-order valence-electron chi connectivity index (χ0n) is 12.6. The van der Waals surface area contributed by atoms with Gasteiger partial charge in [-0.1, -0.05) is 37.6 Å². The van der Waals surface area contributed by atoms with Crippen LogP contribution in [0.5, 0.6) is 0 Å². The SMILES string of the molecule is CCCc1ccccc1NCc1c(C)nc2ccccn12. The van der Waals surface area contributed by atoms with Crippen molar-refractivity contribution in [3.05, 3.63) is 65.6 Å². The van der Waals surface area contributed by atoms with Crippen molar-refractivity contribution in [2.24, 2.45) is 0 Å². The van der Waals surface area contributed by atoms with Crippen molar-refractivity contribution in [3.63, 3.8) is 0 Å². The Balaban J connectivity index is 1.85. The fourth-order valence-electron chi connectivity index (χ4n) is 2.74. The second-order valence-corrected chi connectivity index (χ2v) is 5.33. The Bertz CT molecular complexity index is 743. The van der Waals surface area contributed by atoms with E-state index < -0.39 is 0 Å². The predicted octanol–water partition coefficient (Wildman–Crippen LogP) is 4.21. The van der Waals surface area contributed by atoms with Gasteiger partial charge in [0.1, 0.15) is 5.65 Å². The molecule has 21 heavy (non-hydrogen) atoms. The van der Waals surface area contributed by atoms with Gasteiger partial charge in [0, 0.05) is 11.9 Å². The van der Waals surface area contributed by atoms with E-state index in [-0.39, 0.29) is 0 Å². The molecule has 0 aliphatic rings. The van der Waals surface area contributed by atoms with Crippen molar-refractivity contribution in [1.29, 1.82) is 0 Å². The summed E-state index contributed by atoms with van der Waals surface area (Å²) < 4.78 is 2.16. The second-order valence-electron chi connectivity index (χ2n) is 5.33. The van der Waals surface area contributed by atoms with Crippen LogP contribution < -0.4 is 5.32 Å². The molecule has 0 spiro atoms. The molecule has 1 aromatic carbocycles. The van der Waals surface area contributed by atoms with E-state index in [2.05, 4.69) is 59.0 Å². The summed E-state index contributed by atoms with van der Waals surface area (Å²) in [7, 11) is 0. The molecule has 0 aliphatic carbocycles. The van der Waals surface area contributed by atoms with Crippen LogP contribution in [0, 0.1) is 6.92 Å². The summed E-state index contributed by atoms with van der Waals surface area (Å²) in [5.41, 5.74) is 5.92. The van der Waals surface area contributed by atoms with Crippen LogP contribution in [0.15, 0.2) is 48.7 Å². The van der Waals surface area contributed by atoms with Gasteiger partial charge in [0.05, 0.1) is 17.9 Å². The van der Waals surface area contributed by atoms with Crippen LogP contribution in [0.25, 0.3) is 5.65 Å². The van der Waals surface area contributed by atoms with Crippen molar-refractivity contribution >= 4 is 11.3 Å². The minimum atomic E-state index is 0.789. The van der Waals surface area contributed by atoms with Gasteiger partial charge in [0.2, 0.25) is 0 Å². The lowest BCUT2D eigenvalue weighted by Gasteiger charge is -2.12. The third kappa shape index (κ3) is 2.77. The lowest BCUT2D eigenvalue weighted by atomic mass is 10.1. The van der Waals surface area contributed by atoms with Crippen LogP contribution in [0.2, 0.25) is 0 Å². The minimum Gasteiger partial charge on any atom is -0.379 e. The first-order valence-corrected chi connectivity index (χ1v) is 7.54. The Kier molecular flexibility index (Phi) is 3.91. The molecule has 0 atom stereocenters. The zero-order chi connectivity index (χ0) is 14.7. The lowest BCUT2D eigenvalue weighted by Crippen LogP contribution is -2.06. The topological polar surface area (TPSA) is 29.3 Å². The first-order chi connectivity index (χ1) is 10.3. The Hall–Kier alpha value is -2.29. The van der Waals surface area contributed by atoms with E-state index in [1.165, 1.54) is 16.9 Å². The van der Waals surface area contributed by atoms with E-state index in [4.69, 9.17) is 0 Å². The molecule has 108 valence electrons. The number of aryl methyl sites for hydroxylation is 2. The molecule has 0 bridgehead atoms. The van der Waals surface area contributed by atoms with Gasteiger partial charge >= 0.3 is 0 Å². The first kappa shape index (κ1) is 13.7. The molecule has 0 aliphatic heterocycles. The number of hydrogen-bond donors (Lipinski definition) is 1. The maximum Gasteiger partial charge on any atom is 0.137 e. The number of anilines is 1. The summed E-state index contributed by atoms with van der Waals surface area (Å²) in [6, 6.07) is 14.7. The van der Waals surface area contributed by atoms with E-state index in [1.807, 2.05) is 18.2 Å².